The van der Waals surface area contributed by atoms with Crippen LogP contribution in [0, 0.1) is 20.8 Å². The van der Waals surface area contributed by atoms with Crippen LogP contribution >= 0.6 is 23.2 Å². The van der Waals surface area contributed by atoms with Crippen LogP contribution in [-0.4, -0.2) is 24.5 Å². The summed E-state index contributed by atoms with van der Waals surface area (Å²) in [4.78, 5) is 39.5. The Hall–Kier alpha value is -3.81. The summed E-state index contributed by atoms with van der Waals surface area (Å²) in [6.45, 7) is 8.19. The summed E-state index contributed by atoms with van der Waals surface area (Å²) < 4.78 is 11.8. The van der Waals surface area contributed by atoms with Crippen molar-refractivity contribution >= 4 is 52.8 Å². The van der Waals surface area contributed by atoms with E-state index in [9.17, 15) is 14.4 Å². The van der Waals surface area contributed by atoms with Crippen LogP contribution in [0.3, 0.4) is 0 Å². The van der Waals surface area contributed by atoms with Gasteiger partial charge in [0.25, 0.3) is 11.8 Å². The van der Waals surface area contributed by atoms with Crippen molar-refractivity contribution in [3.63, 3.8) is 0 Å². The highest BCUT2D eigenvalue weighted by atomic mass is 35.5. The van der Waals surface area contributed by atoms with Crippen LogP contribution in [0.4, 0.5) is 10.5 Å². The molecule has 0 aromatic heterocycles. The van der Waals surface area contributed by atoms with Crippen molar-refractivity contribution in [3.8, 4) is 11.5 Å². The van der Waals surface area contributed by atoms with Crippen molar-refractivity contribution in [3.05, 3.63) is 92.0 Å². The van der Waals surface area contributed by atoms with Crippen LogP contribution in [0.1, 0.15) is 34.7 Å². The molecular weight excluding hydrogens is 527 g/mol. The predicted molar refractivity (Wildman–Crippen MR) is 148 cm³/mol. The fraction of sp³-hybridized carbons (Fsp3) is 0.207. The summed E-state index contributed by atoms with van der Waals surface area (Å²) in [5, 5.41) is 2.84. The molecule has 38 heavy (non-hydrogen) atoms. The van der Waals surface area contributed by atoms with Gasteiger partial charge in [-0.15, -0.1) is 0 Å². The van der Waals surface area contributed by atoms with Crippen LogP contribution in [0.2, 0.25) is 10.0 Å². The number of imide groups is 2. The molecule has 9 heteroatoms. The number of anilines is 1. The van der Waals surface area contributed by atoms with Gasteiger partial charge in [0.05, 0.1) is 17.3 Å². The van der Waals surface area contributed by atoms with Gasteiger partial charge >= 0.3 is 6.03 Å². The van der Waals surface area contributed by atoms with E-state index in [2.05, 4.69) is 5.32 Å². The van der Waals surface area contributed by atoms with E-state index in [0.717, 1.165) is 16.0 Å². The quantitative estimate of drug-likeness (QED) is 0.265. The number of ether oxygens (including phenoxy) is 2. The first kappa shape index (κ1) is 27.2. The van der Waals surface area contributed by atoms with E-state index in [1.165, 1.54) is 11.6 Å². The van der Waals surface area contributed by atoms with Crippen molar-refractivity contribution in [1.29, 1.82) is 0 Å². The molecular formula is C29H26Cl2N2O5. The molecule has 1 heterocycles. The summed E-state index contributed by atoms with van der Waals surface area (Å²) in [6, 6.07) is 13.2. The summed E-state index contributed by atoms with van der Waals surface area (Å²) in [7, 11) is 0. The highest BCUT2D eigenvalue weighted by Crippen LogP contribution is 2.38. The van der Waals surface area contributed by atoms with E-state index in [1.807, 2.05) is 39.0 Å². The largest absolute Gasteiger partial charge is 0.490 e. The molecule has 0 bridgehead atoms. The molecule has 0 radical (unpaired) electrons. The van der Waals surface area contributed by atoms with Crippen molar-refractivity contribution in [2.45, 2.75) is 34.3 Å². The van der Waals surface area contributed by atoms with E-state index in [1.54, 1.807) is 37.3 Å². The fourth-order valence-electron chi connectivity index (χ4n) is 4.00. The minimum atomic E-state index is -0.856. The third-order valence-electron chi connectivity index (χ3n) is 6.18. The Morgan fingerprint density at radius 2 is 1.68 bits per heavy atom. The fourth-order valence-corrected chi connectivity index (χ4v) is 4.45. The van der Waals surface area contributed by atoms with Crippen LogP contribution in [0.5, 0.6) is 11.5 Å². The van der Waals surface area contributed by atoms with Gasteiger partial charge in [0.1, 0.15) is 12.2 Å². The van der Waals surface area contributed by atoms with Gasteiger partial charge in [0, 0.05) is 5.02 Å². The zero-order valence-electron chi connectivity index (χ0n) is 21.4. The molecule has 1 fully saturated rings. The molecule has 0 spiro atoms. The third kappa shape index (κ3) is 5.54. The van der Waals surface area contributed by atoms with Crippen LogP contribution < -0.4 is 19.7 Å². The van der Waals surface area contributed by atoms with Gasteiger partial charge < -0.3 is 9.47 Å². The first-order chi connectivity index (χ1) is 18.1. The topological polar surface area (TPSA) is 84.9 Å². The van der Waals surface area contributed by atoms with E-state index in [-0.39, 0.29) is 22.9 Å². The molecule has 196 valence electrons. The highest BCUT2D eigenvalue weighted by molar-refractivity contribution is 6.40. The first-order valence-corrected chi connectivity index (χ1v) is 12.7. The Labute approximate surface area is 230 Å². The Balaban J connectivity index is 1.67. The molecule has 0 saturated carbocycles. The zero-order chi connectivity index (χ0) is 27.6. The second kappa shape index (κ2) is 11.3. The summed E-state index contributed by atoms with van der Waals surface area (Å²) in [5.41, 5.74) is 4.30. The molecule has 1 aliphatic heterocycles. The molecule has 3 aromatic rings. The molecule has 4 rings (SSSR count). The van der Waals surface area contributed by atoms with E-state index in [4.69, 9.17) is 32.7 Å². The van der Waals surface area contributed by atoms with Gasteiger partial charge in [-0.05, 0) is 85.9 Å². The SMILES string of the molecule is CCOc1cc(/C=C2\C(=O)NC(=O)N(c3cccc(Cl)c3C)C2=O)cc(Cl)c1OCc1ccc(C)c(C)c1. The Morgan fingerprint density at radius 3 is 2.39 bits per heavy atom. The smallest absolute Gasteiger partial charge is 0.335 e. The highest BCUT2D eigenvalue weighted by Gasteiger charge is 2.37. The van der Waals surface area contributed by atoms with E-state index in [0.29, 0.717) is 34.3 Å². The lowest BCUT2D eigenvalue weighted by Crippen LogP contribution is -2.54. The summed E-state index contributed by atoms with van der Waals surface area (Å²) in [6.07, 6.45) is 1.36. The Kier molecular flexibility index (Phi) is 8.09. The lowest BCUT2D eigenvalue weighted by Gasteiger charge is -2.27. The van der Waals surface area contributed by atoms with Crippen molar-refractivity contribution < 1.29 is 23.9 Å². The van der Waals surface area contributed by atoms with Gasteiger partial charge in [-0.1, -0.05) is 47.5 Å². The molecule has 4 amide bonds. The number of carbonyl (C=O) groups excluding carboxylic acids is 3. The number of nitrogens with zero attached hydrogens (tertiary/aromatic N) is 1. The maximum Gasteiger partial charge on any atom is 0.335 e. The number of amides is 4. The van der Waals surface area contributed by atoms with Crippen molar-refractivity contribution in [1.82, 2.24) is 5.32 Å². The van der Waals surface area contributed by atoms with Crippen molar-refractivity contribution in [2.75, 3.05) is 11.5 Å². The van der Waals surface area contributed by atoms with Gasteiger partial charge in [-0.2, -0.15) is 0 Å². The average Bonchev–Trinajstić information content (AvgIpc) is 2.86. The standard InChI is InChI=1S/C29H26Cl2N2O5/c1-5-37-25-14-20(13-23(31)26(25)38-15-19-10-9-16(2)17(3)11-19)12-21-27(34)32-29(36)33(28(21)35)24-8-6-7-22(30)18(24)4/h6-14H,5,15H2,1-4H3,(H,32,34,36)/b21-12+. The van der Waals surface area contributed by atoms with Gasteiger partial charge in [0.15, 0.2) is 11.5 Å². The Bertz CT molecular complexity index is 1480. The molecule has 0 unspecified atom stereocenters. The molecule has 0 aliphatic carbocycles. The number of barbiturate groups is 1. The molecule has 1 saturated heterocycles. The number of hydrogen-bond donors (Lipinski definition) is 1. The lowest BCUT2D eigenvalue weighted by molar-refractivity contribution is -0.122. The number of nitrogens with one attached hydrogen (secondary N) is 1. The minimum Gasteiger partial charge on any atom is -0.490 e. The van der Waals surface area contributed by atoms with Crippen molar-refractivity contribution in [2.24, 2.45) is 0 Å². The zero-order valence-corrected chi connectivity index (χ0v) is 22.9. The maximum atomic E-state index is 13.3. The molecule has 1 N–H and O–H groups in total. The normalized spacial score (nSPS) is 14.6. The van der Waals surface area contributed by atoms with Gasteiger partial charge in [-0.25, -0.2) is 9.69 Å². The summed E-state index contributed by atoms with van der Waals surface area (Å²) >= 11 is 12.8. The number of benzene rings is 3. The van der Waals surface area contributed by atoms with Crippen LogP contribution in [0.15, 0.2) is 54.1 Å². The van der Waals surface area contributed by atoms with E-state index < -0.39 is 17.8 Å². The molecule has 1 aliphatic rings. The molecule has 7 nitrogen and oxygen atoms in total. The summed E-state index contributed by atoms with van der Waals surface area (Å²) in [5.74, 6) is -0.897. The number of hydrogen-bond acceptors (Lipinski definition) is 5. The molecule has 0 atom stereocenters. The first-order valence-electron chi connectivity index (χ1n) is 11.9. The number of aryl methyl sites for hydroxylation is 2. The number of rotatable bonds is 7. The van der Waals surface area contributed by atoms with Gasteiger partial charge in [0.2, 0.25) is 0 Å². The van der Waals surface area contributed by atoms with Gasteiger partial charge in [-0.3, -0.25) is 14.9 Å². The Morgan fingerprint density at radius 1 is 0.921 bits per heavy atom. The monoisotopic (exact) mass is 552 g/mol. The average molecular weight is 553 g/mol. The lowest BCUT2D eigenvalue weighted by atomic mass is 10.0. The van der Waals surface area contributed by atoms with Crippen LogP contribution in [0.25, 0.3) is 6.08 Å². The van der Waals surface area contributed by atoms with Crippen LogP contribution in [-0.2, 0) is 16.2 Å². The third-order valence-corrected chi connectivity index (χ3v) is 6.87. The predicted octanol–water partition coefficient (Wildman–Crippen LogP) is 6.56. The second-order valence-corrected chi connectivity index (χ2v) is 9.63. The number of halogens is 2. The minimum absolute atomic E-state index is 0.244. The second-order valence-electron chi connectivity index (χ2n) is 8.81. The number of carbonyl (C=O) groups is 3. The maximum absolute atomic E-state index is 13.3. The van der Waals surface area contributed by atoms with E-state index >= 15 is 0 Å². The number of urea groups is 1. The molecule has 3 aromatic carbocycles.